The number of carbonyl (C=O) groups excluding carboxylic acids is 1. The van der Waals surface area contributed by atoms with Gasteiger partial charge < -0.3 is 17.0 Å². The summed E-state index contributed by atoms with van der Waals surface area (Å²) in [6.45, 7) is 2.68. The number of aryl methyl sites for hydroxylation is 1. The lowest BCUT2D eigenvalue weighted by molar-refractivity contribution is -0.688. The molecular formula is C21H20BrNO2S. The second-order valence-electron chi connectivity index (χ2n) is 5.98. The van der Waals surface area contributed by atoms with Crippen LogP contribution in [0, 0.1) is 6.92 Å². The fraction of sp³-hybridized carbons (Fsp3) is 0.143. The third kappa shape index (κ3) is 5.44. The first-order valence-electron chi connectivity index (χ1n) is 8.13. The van der Waals surface area contributed by atoms with Gasteiger partial charge in [0.15, 0.2) is 24.7 Å². The van der Waals surface area contributed by atoms with Crippen molar-refractivity contribution in [3.05, 3.63) is 95.8 Å². The van der Waals surface area contributed by atoms with Gasteiger partial charge in [-0.3, -0.25) is 9.00 Å². The van der Waals surface area contributed by atoms with Crippen LogP contribution in [0.25, 0.3) is 0 Å². The zero-order valence-corrected chi connectivity index (χ0v) is 16.9. The maximum absolute atomic E-state index is 12.5. The van der Waals surface area contributed by atoms with Gasteiger partial charge in [0.2, 0.25) is 0 Å². The molecule has 1 heterocycles. The Balaban J connectivity index is 0.00000243. The van der Waals surface area contributed by atoms with E-state index in [4.69, 9.17) is 0 Å². The van der Waals surface area contributed by atoms with Gasteiger partial charge in [-0.2, -0.15) is 0 Å². The summed E-state index contributed by atoms with van der Waals surface area (Å²) < 4.78 is 14.4. The van der Waals surface area contributed by atoms with E-state index in [1.165, 1.54) is 5.56 Å². The van der Waals surface area contributed by atoms with Crippen LogP contribution >= 0.6 is 0 Å². The van der Waals surface area contributed by atoms with Crippen molar-refractivity contribution in [2.45, 2.75) is 18.4 Å². The van der Waals surface area contributed by atoms with Crippen LogP contribution in [0.4, 0.5) is 0 Å². The minimum atomic E-state index is -1.33. The molecule has 0 bridgehead atoms. The first-order chi connectivity index (χ1) is 12.1. The van der Waals surface area contributed by atoms with Crippen LogP contribution in [-0.2, 0) is 17.3 Å². The Hall–Kier alpha value is -2.11. The van der Waals surface area contributed by atoms with Crippen LogP contribution < -0.4 is 21.5 Å². The molecule has 5 heteroatoms. The van der Waals surface area contributed by atoms with E-state index in [-0.39, 0.29) is 28.5 Å². The molecule has 3 rings (SSSR count). The SMILES string of the molecule is Cc1ccc([S@](=O)CC(=O)c2ccc[n+](Cc3ccccc3)c2)cc1.[Br-]. The highest BCUT2D eigenvalue weighted by Crippen LogP contribution is 2.10. The van der Waals surface area contributed by atoms with Gasteiger partial charge in [0.05, 0.1) is 22.1 Å². The predicted octanol–water partition coefficient (Wildman–Crippen LogP) is 0.325. The second kappa shape index (κ2) is 9.55. The molecule has 1 aromatic heterocycles. The Kier molecular flexibility index (Phi) is 7.42. The molecule has 0 saturated carbocycles. The normalized spacial score (nSPS) is 11.4. The fourth-order valence-corrected chi connectivity index (χ4v) is 3.57. The summed E-state index contributed by atoms with van der Waals surface area (Å²) in [6, 6.07) is 21.2. The first-order valence-corrected chi connectivity index (χ1v) is 9.45. The molecule has 134 valence electrons. The van der Waals surface area contributed by atoms with Gasteiger partial charge in [-0.1, -0.05) is 48.0 Å². The molecule has 0 radical (unpaired) electrons. The molecule has 0 aliphatic heterocycles. The van der Waals surface area contributed by atoms with Gasteiger partial charge in [0.25, 0.3) is 0 Å². The van der Waals surface area contributed by atoms with Crippen LogP contribution in [-0.4, -0.2) is 15.7 Å². The summed E-state index contributed by atoms with van der Waals surface area (Å²) in [4.78, 5) is 13.2. The molecule has 0 N–H and O–H groups in total. The Morgan fingerprint density at radius 2 is 1.65 bits per heavy atom. The second-order valence-corrected chi connectivity index (χ2v) is 7.43. The predicted molar refractivity (Wildman–Crippen MR) is 99.0 cm³/mol. The summed E-state index contributed by atoms with van der Waals surface area (Å²) in [5.41, 5.74) is 2.86. The number of nitrogens with zero attached hydrogens (tertiary/aromatic N) is 1. The first kappa shape index (κ1) is 20.2. The van der Waals surface area contributed by atoms with E-state index in [9.17, 15) is 9.00 Å². The molecule has 0 fully saturated rings. The Morgan fingerprint density at radius 1 is 0.962 bits per heavy atom. The maximum Gasteiger partial charge on any atom is 0.181 e. The van der Waals surface area contributed by atoms with Crippen molar-refractivity contribution in [3.63, 3.8) is 0 Å². The number of ketones is 1. The monoisotopic (exact) mass is 429 g/mol. The topological polar surface area (TPSA) is 38.0 Å². The van der Waals surface area contributed by atoms with Crippen LogP contribution in [0.5, 0.6) is 0 Å². The molecule has 0 spiro atoms. The maximum atomic E-state index is 12.5. The number of carbonyl (C=O) groups is 1. The van der Waals surface area contributed by atoms with Gasteiger partial charge >= 0.3 is 0 Å². The van der Waals surface area contributed by atoms with Crippen molar-refractivity contribution in [2.75, 3.05) is 5.75 Å². The average molecular weight is 430 g/mol. The van der Waals surface area contributed by atoms with E-state index in [1.807, 2.05) is 84.5 Å². The number of hydrogen-bond donors (Lipinski definition) is 0. The Bertz CT molecular complexity index is 895. The van der Waals surface area contributed by atoms with Gasteiger partial charge in [-0.25, -0.2) is 4.57 Å². The highest BCUT2D eigenvalue weighted by molar-refractivity contribution is 7.85. The Labute approximate surface area is 166 Å². The van der Waals surface area contributed by atoms with Gasteiger partial charge in [-0.05, 0) is 25.1 Å². The molecule has 3 nitrogen and oxygen atoms in total. The number of hydrogen-bond acceptors (Lipinski definition) is 2. The number of Topliss-reactive ketones (excluding diaryl/α,β-unsaturated/α-hetero) is 1. The van der Waals surface area contributed by atoms with E-state index < -0.39 is 10.8 Å². The molecule has 26 heavy (non-hydrogen) atoms. The molecule has 3 aromatic rings. The smallest absolute Gasteiger partial charge is 0.181 e. The van der Waals surface area contributed by atoms with E-state index >= 15 is 0 Å². The van der Waals surface area contributed by atoms with Gasteiger partial charge in [-0.15, -0.1) is 0 Å². The van der Waals surface area contributed by atoms with Crippen LogP contribution in [0.15, 0.2) is 84.0 Å². The van der Waals surface area contributed by atoms with Crippen molar-refractivity contribution in [1.29, 1.82) is 0 Å². The van der Waals surface area contributed by atoms with E-state index in [2.05, 4.69) is 0 Å². The molecule has 2 aromatic carbocycles. The molecule has 0 amide bonds. The summed E-state index contributed by atoms with van der Waals surface area (Å²) >= 11 is 0. The largest absolute Gasteiger partial charge is 1.00 e. The number of rotatable bonds is 6. The third-order valence-electron chi connectivity index (χ3n) is 3.93. The summed E-state index contributed by atoms with van der Waals surface area (Å²) in [7, 11) is -1.33. The zero-order valence-electron chi connectivity index (χ0n) is 14.5. The molecular weight excluding hydrogens is 410 g/mol. The van der Waals surface area contributed by atoms with Crippen molar-refractivity contribution >= 4 is 16.6 Å². The van der Waals surface area contributed by atoms with Gasteiger partial charge in [0, 0.05) is 16.5 Å². The molecule has 0 saturated heterocycles. The van der Waals surface area contributed by atoms with Crippen molar-refractivity contribution < 1.29 is 30.6 Å². The minimum absolute atomic E-state index is 0. The lowest BCUT2D eigenvalue weighted by Gasteiger charge is -2.03. The molecule has 0 aliphatic carbocycles. The van der Waals surface area contributed by atoms with Crippen LogP contribution in [0.2, 0.25) is 0 Å². The molecule has 0 aliphatic rings. The fourth-order valence-electron chi connectivity index (χ4n) is 2.56. The van der Waals surface area contributed by atoms with Gasteiger partial charge in [0.1, 0.15) is 0 Å². The quantitative estimate of drug-likeness (QED) is 0.418. The van der Waals surface area contributed by atoms with Crippen LogP contribution in [0.3, 0.4) is 0 Å². The molecule has 0 unspecified atom stereocenters. The van der Waals surface area contributed by atoms with E-state index in [1.54, 1.807) is 6.07 Å². The third-order valence-corrected chi connectivity index (χ3v) is 5.26. The summed E-state index contributed by atoms with van der Waals surface area (Å²) in [5, 5.41) is 0. The number of halogens is 1. The van der Waals surface area contributed by atoms with Crippen molar-refractivity contribution in [1.82, 2.24) is 0 Å². The van der Waals surface area contributed by atoms with E-state index in [0.717, 1.165) is 5.56 Å². The highest BCUT2D eigenvalue weighted by atomic mass is 79.9. The molecule has 1 atom stereocenters. The average Bonchev–Trinajstić information content (AvgIpc) is 2.63. The van der Waals surface area contributed by atoms with Crippen molar-refractivity contribution in [2.24, 2.45) is 0 Å². The highest BCUT2D eigenvalue weighted by Gasteiger charge is 2.15. The van der Waals surface area contributed by atoms with Crippen molar-refractivity contribution in [3.8, 4) is 0 Å². The van der Waals surface area contributed by atoms with Crippen LogP contribution in [0.1, 0.15) is 21.5 Å². The summed E-state index contributed by atoms with van der Waals surface area (Å²) in [6.07, 6.45) is 3.75. The standard InChI is InChI=1S/C21H20NO2S.BrH/c1-17-9-11-20(12-10-17)25(24)16-21(23)19-8-5-13-22(15-19)14-18-6-3-2-4-7-18;/h2-13,15H,14,16H2,1H3;1H/q+1;/p-1/t25-;/m1./s1. The number of pyridine rings is 1. The zero-order chi connectivity index (χ0) is 17.6. The lowest BCUT2D eigenvalue weighted by atomic mass is 10.2. The minimum Gasteiger partial charge on any atom is -1.00 e. The number of benzene rings is 2. The summed E-state index contributed by atoms with van der Waals surface area (Å²) in [5.74, 6) is -0.111. The lowest BCUT2D eigenvalue weighted by Crippen LogP contribution is -3.00. The van der Waals surface area contributed by atoms with E-state index in [0.29, 0.717) is 17.0 Å². The Morgan fingerprint density at radius 3 is 2.35 bits per heavy atom. The number of aromatic nitrogens is 1.